The summed E-state index contributed by atoms with van der Waals surface area (Å²) in [5, 5.41) is 2.83. The second-order valence-corrected chi connectivity index (χ2v) is 4.65. The summed E-state index contributed by atoms with van der Waals surface area (Å²) in [6, 6.07) is 7.60. The van der Waals surface area contributed by atoms with Crippen molar-refractivity contribution in [3.8, 4) is 5.88 Å². The van der Waals surface area contributed by atoms with Gasteiger partial charge in [-0.25, -0.2) is 9.97 Å². The van der Waals surface area contributed by atoms with Gasteiger partial charge in [0.1, 0.15) is 6.33 Å². The van der Waals surface area contributed by atoms with Crippen molar-refractivity contribution in [2.45, 2.75) is 20.8 Å². The van der Waals surface area contributed by atoms with E-state index in [0.717, 1.165) is 22.5 Å². The number of amides is 1. The molecule has 0 fully saturated rings. The molecule has 0 atom stereocenters. The van der Waals surface area contributed by atoms with Crippen LogP contribution in [0.3, 0.4) is 0 Å². The maximum atomic E-state index is 11.9. The minimum absolute atomic E-state index is 0.0795. The van der Waals surface area contributed by atoms with Gasteiger partial charge in [0.05, 0.1) is 0 Å². The van der Waals surface area contributed by atoms with Gasteiger partial charge in [0.25, 0.3) is 5.91 Å². The standard InChI is InChI=1S/C15H17N3O2/c1-10-4-5-11(2)13(6-10)18-14(19)8-20-15-7-12(3)16-9-17-15/h4-7,9H,8H2,1-3H3,(H,18,19). The first kappa shape index (κ1) is 14.0. The summed E-state index contributed by atoms with van der Waals surface area (Å²) in [6.07, 6.45) is 1.41. The van der Waals surface area contributed by atoms with E-state index in [1.807, 2.05) is 39.0 Å². The van der Waals surface area contributed by atoms with Crippen LogP contribution >= 0.6 is 0 Å². The number of carbonyl (C=O) groups is 1. The molecule has 1 amide bonds. The van der Waals surface area contributed by atoms with E-state index in [1.165, 1.54) is 6.33 Å². The monoisotopic (exact) mass is 271 g/mol. The lowest BCUT2D eigenvalue weighted by atomic mass is 10.1. The van der Waals surface area contributed by atoms with Crippen molar-refractivity contribution in [1.29, 1.82) is 0 Å². The third-order valence-electron chi connectivity index (χ3n) is 2.80. The Morgan fingerprint density at radius 2 is 2.00 bits per heavy atom. The van der Waals surface area contributed by atoms with Crippen molar-refractivity contribution in [2.24, 2.45) is 0 Å². The first-order valence-electron chi connectivity index (χ1n) is 6.33. The normalized spacial score (nSPS) is 10.2. The molecule has 2 rings (SSSR count). The van der Waals surface area contributed by atoms with E-state index in [0.29, 0.717) is 5.88 Å². The molecule has 1 N–H and O–H groups in total. The Balaban J connectivity index is 1.94. The first-order chi connectivity index (χ1) is 9.54. The highest BCUT2D eigenvalue weighted by molar-refractivity contribution is 5.92. The third kappa shape index (κ3) is 3.78. The van der Waals surface area contributed by atoms with Crippen LogP contribution in [-0.4, -0.2) is 22.5 Å². The van der Waals surface area contributed by atoms with Gasteiger partial charge < -0.3 is 10.1 Å². The van der Waals surface area contributed by atoms with E-state index in [2.05, 4.69) is 15.3 Å². The highest BCUT2D eigenvalue weighted by Gasteiger charge is 2.06. The number of rotatable bonds is 4. The Morgan fingerprint density at radius 1 is 1.20 bits per heavy atom. The number of nitrogens with zero attached hydrogens (tertiary/aromatic N) is 2. The molecule has 5 heteroatoms. The van der Waals surface area contributed by atoms with Crippen molar-refractivity contribution >= 4 is 11.6 Å². The molecule has 0 bridgehead atoms. The molecule has 1 heterocycles. The van der Waals surface area contributed by atoms with Crippen molar-refractivity contribution in [3.63, 3.8) is 0 Å². The molecule has 0 aliphatic rings. The lowest BCUT2D eigenvalue weighted by molar-refractivity contribution is -0.118. The minimum atomic E-state index is -0.213. The fourth-order valence-corrected chi connectivity index (χ4v) is 1.71. The molecule has 0 saturated heterocycles. The highest BCUT2D eigenvalue weighted by Crippen LogP contribution is 2.16. The van der Waals surface area contributed by atoms with Gasteiger partial charge in [-0.05, 0) is 38.0 Å². The smallest absolute Gasteiger partial charge is 0.262 e. The lowest BCUT2D eigenvalue weighted by Crippen LogP contribution is -2.21. The average Bonchev–Trinajstić information content (AvgIpc) is 2.41. The molecule has 0 aliphatic heterocycles. The molecule has 1 aromatic carbocycles. The molecule has 20 heavy (non-hydrogen) atoms. The summed E-state index contributed by atoms with van der Waals surface area (Å²) < 4.78 is 5.33. The Kier molecular flexibility index (Phi) is 4.30. The van der Waals surface area contributed by atoms with Crippen molar-refractivity contribution in [3.05, 3.63) is 47.4 Å². The predicted molar refractivity (Wildman–Crippen MR) is 76.8 cm³/mol. The van der Waals surface area contributed by atoms with Crippen LogP contribution in [0.15, 0.2) is 30.6 Å². The predicted octanol–water partition coefficient (Wildman–Crippen LogP) is 2.42. The largest absolute Gasteiger partial charge is 0.467 e. The molecule has 0 saturated carbocycles. The van der Waals surface area contributed by atoms with Gasteiger partial charge in [-0.1, -0.05) is 12.1 Å². The van der Waals surface area contributed by atoms with E-state index < -0.39 is 0 Å². The van der Waals surface area contributed by atoms with Crippen LogP contribution in [0.25, 0.3) is 0 Å². The Morgan fingerprint density at radius 3 is 2.75 bits per heavy atom. The molecular weight excluding hydrogens is 254 g/mol. The van der Waals surface area contributed by atoms with Gasteiger partial charge in [-0.3, -0.25) is 4.79 Å². The summed E-state index contributed by atoms with van der Waals surface area (Å²) >= 11 is 0. The van der Waals surface area contributed by atoms with Crippen LogP contribution in [0, 0.1) is 20.8 Å². The number of aryl methyl sites for hydroxylation is 3. The van der Waals surface area contributed by atoms with Crippen LogP contribution in [0.1, 0.15) is 16.8 Å². The molecule has 0 aliphatic carbocycles. The second-order valence-electron chi connectivity index (χ2n) is 4.65. The minimum Gasteiger partial charge on any atom is -0.467 e. The maximum Gasteiger partial charge on any atom is 0.262 e. The molecule has 104 valence electrons. The van der Waals surface area contributed by atoms with Gasteiger partial charge in [-0.2, -0.15) is 0 Å². The van der Waals surface area contributed by atoms with Gasteiger partial charge in [0.2, 0.25) is 5.88 Å². The Bertz CT molecular complexity index is 626. The van der Waals surface area contributed by atoms with E-state index in [1.54, 1.807) is 6.07 Å². The number of carbonyl (C=O) groups excluding carboxylic acids is 1. The van der Waals surface area contributed by atoms with Gasteiger partial charge in [0, 0.05) is 17.4 Å². The SMILES string of the molecule is Cc1ccc(C)c(NC(=O)COc2cc(C)ncn2)c1. The summed E-state index contributed by atoms with van der Waals surface area (Å²) in [7, 11) is 0. The van der Waals surface area contributed by atoms with E-state index in [-0.39, 0.29) is 12.5 Å². The van der Waals surface area contributed by atoms with Crippen molar-refractivity contribution in [1.82, 2.24) is 9.97 Å². The summed E-state index contributed by atoms with van der Waals surface area (Å²) in [5.74, 6) is 0.184. The molecule has 2 aromatic rings. The van der Waals surface area contributed by atoms with Crippen LogP contribution in [-0.2, 0) is 4.79 Å². The topological polar surface area (TPSA) is 64.1 Å². The molecule has 0 unspecified atom stereocenters. The number of aromatic nitrogens is 2. The molecule has 0 radical (unpaired) electrons. The fraction of sp³-hybridized carbons (Fsp3) is 0.267. The lowest BCUT2D eigenvalue weighted by Gasteiger charge is -2.10. The van der Waals surface area contributed by atoms with E-state index in [4.69, 9.17) is 4.74 Å². The van der Waals surface area contributed by atoms with Crippen LogP contribution in [0.4, 0.5) is 5.69 Å². The van der Waals surface area contributed by atoms with Crippen LogP contribution in [0.5, 0.6) is 5.88 Å². The summed E-state index contributed by atoms with van der Waals surface area (Å²) in [4.78, 5) is 19.8. The van der Waals surface area contributed by atoms with E-state index in [9.17, 15) is 4.79 Å². The Hall–Kier alpha value is -2.43. The van der Waals surface area contributed by atoms with Crippen LogP contribution in [0.2, 0.25) is 0 Å². The first-order valence-corrected chi connectivity index (χ1v) is 6.33. The number of nitrogens with one attached hydrogen (secondary N) is 1. The van der Waals surface area contributed by atoms with Gasteiger partial charge in [0.15, 0.2) is 6.61 Å². The Labute approximate surface area is 118 Å². The maximum absolute atomic E-state index is 11.9. The van der Waals surface area contributed by atoms with Crippen molar-refractivity contribution in [2.75, 3.05) is 11.9 Å². The molecular formula is C15H17N3O2. The summed E-state index contributed by atoms with van der Waals surface area (Å²) in [6.45, 7) is 5.69. The zero-order valence-electron chi connectivity index (χ0n) is 11.8. The van der Waals surface area contributed by atoms with E-state index >= 15 is 0 Å². The van der Waals surface area contributed by atoms with Crippen LogP contribution < -0.4 is 10.1 Å². The zero-order valence-corrected chi connectivity index (χ0v) is 11.8. The quantitative estimate of drug-likeness (QED) is 0.927. The van der Waals surface area contributed by atoms with Crippen molar-refractivity contribution < 1.29 is 9.53 Å². The molecule has 0 spiro atoms. The molecule has 1 aromatic heterocycles. The number of ether oxygens (including phenoxy) is 1. The highest BCUT2D eigenvalue weighted by atomic mass is 16.5. The zero-order chi connectivity index (χ0) is 14.5. The number of anilines is 1. The number of benzene rings is 1. The third-order valence-corrected chi connectivity index (χ3v) is 2.80. The molecule has 5 nitrogen and oxygen atoms in total. The number of hydrogen-bond acceptors (Lipinski definition) is 4. The second kappa shape index (κ2) is 6.14. The average molecular weight is 271 g/mol. The van der Waals surface area contributed by atoms with Gasteiger partial charge >= 0.3 is 0 Å². The van der Waals surface area contributed by atoms with Gasteiger partial charge in [-0.15, -0.1) is 0 Å². The summed E-state index contributed by atoms with van der Waals surface area (Å²) in [5.41, 5.74) is 3.71. The number of hydrogen-bond donors (Lipinski definition) is 1. The fourth-order valence-electron chi connectivity index (χ4n) is 1.71.